The fourth-order valence-corrected chi connectivity index (χ4v) is 4.17. The Morgan fingerprint density at radius 1 is 1.38 bits per heavy atom. The van der Waals surface area contributed by atoms with Crippen LogP contribution in [0.15, 0.2) is 36.7 Å². The van der Waals surface area contributed by atoms with E-state index >= 15 is 0 Å². The minimum absolute atomic E-state index is 0.0205. The highest BCUT2D eigenvalue weighted by Gasteiger charge is 2.19. The summed E-state index contributed by atoms with van der Waals surface area (Å²) in [6.45, 7) is 4.68. The van der Waals surface area contributed by atoms with Gasteiger partial charge in [-0.2, -0.15) is 10.1 Å². The van der Waals surface area contributed by atoms with Crippen LogP contribution in [-0.2, 0) is 11.8 Å². The van der Waals surface area contributed by atoms with E-state index in [0.29, 0.717) is 53.9 Å². The van der Waals surface area contributed by atoms with E-state index in [0.717, 1.165) is 12.2 Å². The van der Waals surface area contributed by atoms with E-state index in [9.17, 15) is 9.18 Å². The second-order valence-corrected chi connectivity index (χ2v) is 9.12. The molecule has 2 aromatic carbocycles. The fraction of sp³-hybridized carbons (Fsp3) is 0.360. The van der Waals surface area contributed by atoms with Crippen molar-refractivity contribution in [2.45, 2.75) is 19.0 Å². The zero-order chi connectivity index (χ0) is 25.9. The average Bonchev–Trinajstić information content (AvgIpc) is 3.27. The van der Waals surface area contributed by atoms with Gasteiger partial charge in [0.2, 0.25) is 0 Å². The molecule has 0 saturated carbocycles. The Kier molecular flexibility index (Phi) is 7.12. The van der Waals surface area contributed by atoms with Gasteiger partial charge in [-0.25, -0.2) is 9.37 Å². The van der Waals surface area contributed by atoms with Gasteiger partial charge < -0.3 is 31.2 Å². The first-order valence-corrected chi connectivity index (χ1v) is 12.0. The number of nitrogens with two attached hydrogens (primary N) is 1. The lowest BCUT2D eigenvalue weighted by Gasteiger charge is -2.23. The number of benzene rings is 2. The molecule has 1 amide bonds. The molecule has 3 heterocycles. The van der Waals surface area contributed by atoms with E-state index in [1.807, 2.05) is 6.92 Å². The molecule has 4 aromatic rings. The Labute approximate surface area is 212 Å². The number of nitrogens with zero attached hydrogens (tertiary/aromatic N) is 4. The SMILES string of the molecule is C[C@H](N)CNc1ccc(C(=O)Nc2cc(F)c3nn(C)cc3c2)c2nc(OCC3COCCN3)ncc12. The Morgan fingerprint density at radius 3 is 3.03 bits per heavy atom. The van der Waals surface area contributed by atoms with Gasteiger partial charge in [-0.3, -0.25) is 9.48 Å². The Hall–Kier alpha value is -3.87. The van der Waals surface area contributed by atoms with Gasteiger partial charge in [0.25, 0.3) is 5.91 Å². The van der Waals surface area contributed by atoms with Crippen LogP contribution in [0.2, 0.25) is 0 Å². The maximum atomic E-state index is 14.6. The number of nitrogens with one attached hydrogen (secondary N) is 3. The molecule has 11 nitrogen and oxygen atoms in total. The number of aromatic nitrogens is 4. The predicted molar refractivity (Wildman–Crippen MR) is 138 cm³/mol. The molecule has 2 atom stereocenters. The third kappa shape index (κ3) is 5.61. The van der Waals surface area contributed by atoms with Gasteiger partial charge in [0.15, 0.2) is 5.82 Å². The summed E-state index contributed by atoms with van der Waals surface area (Å²) in [6.07, 6.45) is 3.30. The van der Waals surface area contributed by atoms with Crippen LogP contribution in [0.1, 0.15) is 17.3 Å². The summed E-state index contributed by atoms with van der Waals surface area (Å²) in [5, 5.41) is 14.7. The molecule has 1 unspecified atom stereocenters. The summed E-state index contributed by atoms with van der Waals surface area (Å²) in [5.41, 5.74) is 7.88. The number of hydrogen-bond acceptors (Lipinski definition) is 9. The van der Waals surface area contributed by atoms with Crippen LogP contribution in [0.4, 0.5) is 15.8 Å². The van der Waals surface area contributed by atoms with Gasteiger partial charge >= 0.3 is 6.01 Å². The van der Waals surface area contributed by atoms with Crippen LogP contribution in [0.25, 0.3) is 21.8 Å². The molecule has 194 valence electrons. The Morgan fingerprint density at radius 2 is 2.24 bits per heavy atom. The Balaban J connectivity index is 1.45. The lowest BCUT2D eigenvalue weighted by molar-refractivity contribution is 0.0577. The minimum Gasteiger partial charge on any atom is -0.462 e. The standard InChI is InChI=1S/C25H29FN8O3/c1-14(27)9-29-21-4-3-18(24(35)31-16-7-15-11-34(2)33-22(15)20(26)8-16)23-19(21)10-30-25(32-23)37-13-17-12-36-6-5-28-17/h3-4,7-8,10-11,14,17,28-29H,5-6,9,12-13,27H2,1-2H3,(H,31,35)/t14-,17?/m0/s1. The van der Waals surface area contributed by atoms with E-state index in [2.05, 4.69) is 31.0 Å². The quantitative estimate of drug-likeness (QED) is 0.281. The number of morpholine rings is 1. The topological polar surface area (TPSA) is 141 Å². The molecule has 1 aliphatic rings. The lowest BCUT2D eigenvalue weighted by atomic mass is 10.1. The van der Waals surface area contributed by atoms with Gasteiger partial charge in [-0.1, -0.05) is 0 Å². The number of fused-ring (bicyclic) bond motifs is 2. The van der Waals surface area contributed by atoms with Crippen LogP contribution in [-0.4, -0.2) is 70.6 Å². The molecule has 0 spiro atoms. The van der Waals surface area contributed by atoms with Crippen molar-refractivity contribution in [2.75, 3.05) is 43.5 Å². The summed E-state index contributed by atoms with van der Waals surface area (Å²) in [7, 11) is 1.71. The van der Waals surface area contributed by atoms with Gasteiger partial charge in [-0.15, -0.1) is 0 Å². The molecule has 0 bridgehead atoms. The van der Waals surface area contributed by atoms with Gasteiger partial charge in [0, 0.05) is 60.7 Å². The fourth-order valence-electron chi connectivity index (χ4n) is 4.17. The van der Waals surface area contributed by atoms with Crippen LogP contribution >= 0.6 is 0 Å². The molecular weight excluding hydrogens is 479 g/mol. The molecular formula is C25H29FN8O3. The van der Waals surface area contributed by atoms with Gasteiger partial charge in [0.1, 0.15) is 12.1 Å². The van der Waals surface area contributed by atoms with Crippen molar-refractivity contribution in [3.8, 4) is 6.01 Å². The van der Waals surface area contributed by atoms with Crippen molar-refractivity contribution in [1.29, 1.82) is 0 Å². The summed E-state index contributed by atoms with van der Waals surface area (Å²) >= 11 is 0. The summed E-state index contributed by atoms with van der Waals surface area (Å²) in [5.74, 6) is -0.967. The maximum absolute atomic E-state index is 14.6. The number of carbonyl (C=O) groups excluding carboxylic acids is 1. The predicted octanol–water partition coefficient (Wildman–Crippen LogP) is 2.03. The van der Waals surface area contributed by atoms with Gasteiger partial charge in [0.05, 0.1) is 30.3 Å². The average molecular weight is 509 g/mol. The first kappa shape index (κ1) is 24.8. The zero-order valence-corrected chi connectivity index (χ0v) is 20.6. The smallest absolute Gasteiger partial charge is 0.316 e. The van der Waals surface area contributed by atoms with E-state index < -0.39 is 11.7 Å². The first-order valence-electron chi connectivity index (χ1n) is 12.0. The number of carbonyl (C=O) groups is 1. The molecule has 5 N–H and O–H groups in total. The number of amides is 1. The molecule has 1 saturated heterocycles. The van der Waals surface area contributed by atoms with E-state index in [1.165, 1.54) is 10.7 Å². The third-order valence-electron chi connectivity index (χ3n) is 5.93. The largest absolute Gasteiger partial charge is 0.462 e. The second-order valence-electron chi connectivity index (χ2n) is 9.12. The van der Waals surface area contributed by atoms with E-state index in [4.69, 9.17) is 15.2 Å². The van der Waals surface area contributed by atoms with Crippen LogP contribution in [0.3, 0.4) is 0 Å². The number of anilines is 2. The van der Waals surface area contributed by atoms with Crippen LogP contribution in [0, 0.1) is 5.82 Å². The normalized spacial score (nSPS) is 16.6. The van der Waals surface area contributed by atoms with Crippen LogP contribution < -0.4 is 26.4 Å². The van der Waals surface area contributed by atoms with Crippen molar-refractivity contribution >= 4 is 39.1 Å². The molecule has 1 fully saturated rings. The molecule has 0 aliphatic carbocycles. The lowest BCUT2D eigenvalue weighted by Crippen LogP contribution is -2.44. The summed E-state index contributed by atoms with van der Waals surface area (Å²) in [4.78, 5) is 22.3. The third-order valence-corrected chi connectivity index (χ3v) is 5.93. The molecule has 5 rings (SSSR count). The first-order chi connectivity index (χ1) is 17.9. The molecule has 37 heavy (non-hydrogen) atoms. The molecule has 1 aliphatic heterocycles. The molecule has 0 radical (unpaired) electrons. The number of hydrogen-bond donors (Lipinski definition) is 4. The monoisotopic (exact) mass is 508 g/mol. The summed E-state index contributed by atoms with van der Waals surface area (Å²) in [6, 6.07) is 6.44. The van der Waals surface area contributed by atoms with Gasteiger partial charge in [-0.05, 0) is 31.2 Å². The van der Waals surface area contributed by atoms with Crippen molar-refractivity contribution in [3.63, 3.8) is 0 Å². The molecule has 12 heteroatoms. The number of ether oxygens (including phenoxy) is 2. The van der Waals surface area contributed by atoms with Crippen molar-refractivity contribution in [3.05, 3.63) is 48.0 Å². The van der Waals surface area contributed by atoms with Crippen LogP contribution in [0.5, 0.6) is 6.01 Å². The van der Waals surface area contributed by atoms with Crippen molar-refractivity contribution < 1.29 is 18.7 Å². The maximum Gasteiger partial charge on any atom is 0.316 e. The number of aryl methyl sites for hydroxylation is 1. The second kappa shape index (κ2) is 10.6. The minimum atomic E-state index is -0.521. The van der Waals surface area contributed by atoms with Crippen molar-refractivity contribution in [1.82, 2.24) is 25.1 Å². The Bertz CT molecular complexity index is 1430. The number of halogens is 1. The van der Waals surface area contributed by atoms with E-state index in [-0.39, 0.29) is 23.6 Å². The summed E-state index contributed by atoms with van der Waals surface area (Å²) < 4.78 is 27.4. The highest BCUT2D eigenvalue weighted by molar-refractivity contribution is 6.14. The highest BCUT2D eigenvalue weighted by Crippen LogP contribution is 2.28. The number of rotatable bonds is 8. The molecule has 2 aromatic heterocycles. The highest BCUT2D eigenvalue weighted by atomic mass is 19.1. The van der Waals surface area contributed by atoms with E-state index in [1.54, 1.807) is 37.6 Å². The van der Waals surface area contributed by atoms with Crippen molar-refractivity contribution in [2.24, 2.45) is 12.8 Å². The zero-order valence-electron chi connectivity index (χ0n) is 20.6.